The minimum atomic E-state index is 0.357. The van der Waals surface area contributed by atoms with E-state index in [9.17, 15) is 0 Å². The van der Waals surface area contributed by atoms with E-state index in [0.29, 0.717) is 17.4 Å². The van der Waals surface area contributed by atoms with Crippen LogP contribution in [0.2, 0.25) is 0 Å². The highest BCUT2D eigenvalue weighted by molar-refractivity contribution is 5.85. The molecule has 18 heavy (non-hydrogen) atoms. The number of nitrogens with zero attached hydrogens (tertiary/aromatic N) is 1. The molecule has 1 atom stereocenters. The highest BCUT2D eigenvalue weighted by atomic mass is 15.3. The molecule has 3 heteroatoms. The molecule has 2 fully saturated rings. The summed E-state index contributed by atoms with van der Waals surface area (Å²) in [6.07, 6.45) is 11.8. The largest absolute Gasteiger partial charge is 0.312 e. The van der Waals surface area contributed by atoms with Crippen molar-refractivity contribution < 1.29 is 0 Å². The van der Waals surface area contributed by atoms with Crippen LogP contribution in [0.3, 0.4) is 0 Å². The molecule has 2 rings (SSSR count). The van der Waals surface area contributed by atoms with Gasteiger partial charge in [-0.1, -0.05) is 46.0 Å². The first kappa shape index (κ1) is 13.9. The lowest BCUT2D eigenvalue weighted by molar-refractivity contribution is 0.320. The van der Waals surface area contributed by atoms with E-state index in [4.69, 9.17) is 10.8 Å². The zero-order chi connectivity index (χ0) is 13.0. The van der Waals surface area contributed by atoms with Crippen LogP contribution in [-0.2, 0) is 0 Å². The Morgan fingerprint density at radius 2 is 1.72 bits per heavy atom. The highest BCUT2D eigenvalue weighted by Gasteiger charge is 2.37. The molecule has 0 aromatic carbocycles. The number of hydrogen-bond donors (Lipinski definition) is 2. The number of nitrogens with two attached hydrogens (primary N) is 1. The zero-order valence-corrected chi connectivity index (χ0v) is 12.0. The van der Waals surface area contributed by atoms with E-state index >= 15 is 0 Å². The molecule has 0 heterocycles. The van der Waals surface area contributed by atoms with Crippen LogP contribution in [0.25, 0.3) is 0 Å². The number of hydrogen-bond acceptors (Lipinski definition) is 2. The van der Waals surface area contributed by atoms with E-state index in [0.717, 1.165) is 5.84 Å². The fraction of sp³-hybridized carbons (Fsp3) is 0.933. The molecule has 3 nitrogen and oxygen atoms in total. The van der Waals surface area contributed by atoms with Crippen LogP contribution >= 0.6 is 0 Å². The van der Waals surface area contributed by atoms with Gasteiger partial charge in [-0.2, -0.15) is 0 Å². The highest BCUT2D eigenvalue weighted by Crippen LogP contribution is 2.43. The van der Waals surface area contributed by atoms with Gasteiger partial charge in [0, 0.05) is 5.92 Å². The summed E-state index contributed by atoms with van der Waals surface area (Å²) >= 11 is 0. The second-order valence-electron chi connectivity index (χ2n) is 6.74. The molecule has 1 unspecified atom stereocenters. The summed E-state index contributed by atoms with van der Waals surface area (Å²) in [5, 5.41) is 0. The maximum absolute atomic E-state index is 5.75. The van der Waals surface area contributed by atoms with Crippen molar-refractivity contribution in [1.29, 1.82) is 0 Å². The fourth-order valence-electron chi connectivity index (χ4n) is 3.65. The molecule has 2 aliphatic carbocycles. The summed E-state index contributed by atoms with van der Waals surface area (Å²) in [7, 11) is 0. The van der Waals surface area contributed by atoms with Gasteiger partial charge >= 0.3 is 0 Å². The second kappa shape index (κ2) is 6.05. The van der Waals surface area contributed by atoms with E-state index in [1.54, 1.807) is 0 Å². The van der Waals surface area contributed by atoms with Crippen LogP contribution in [0.4, 0.5) is 0 Å². The Morgan fingerprint density at radius 1 is 1.06 bits per heavy atom. The maximum Gasteiger partial charge on any atom is 0.114 e. The van der Waals surface area contributed by atoms with E-state index < -0.39 is 0 Å². The predicted molar refractivity (Wildman–Crippen MR) is 77.4 cm³/mol. The van der Waals surface area contributed by atoms with Crippen molar-refractivity contribution in [3.05, 3.63) is 0 Å². The smallest absolute Gasteiger partial charge is 0.114 e. The Labute approximate surface area is 112 Å². The summed E-state index contributed by atoms with van der Waals surface area (Å²) in [6, 6.07) is 0.509. The Bertz CT molecular complexity index is 288. The second-order valence-corrected chi connectivity index (χ2v) is 6.74. The molecule has 3 N–H and O–H groups in total. The molecule has 0 saturated heterocycles. The molecule has 0 aromatic rings. The van der Waals surface area contributed by atoms with Gasteiger partial charge in [-0.3, -0.25) is 4.99 Å². The SMILES string of the molecule is CC1(C)CCCC1C(=NC1CCCCCC1)NN. The predicted octanol–water partition coefficient (Wildman–Crippen LogP) is 3.40. The topological polar surface area (TPSA) is 50.4 Å². The number of amidine groups is 1. The molecule has 2 saturated carbocycles. The van der Waals surface area contributed by atoms with Gasteiger partial charge in [0.1, 0.15) is 5.84 Å². The van der Waals surface area contributed by atoms with Crippen molar-refractivity contribution in [1.82, 2.24) is 5.43 Å². The minimum absolute atomic E-state index is 0.357. The number of nitrogens with one attached hydrogen (secondary N) is 1. The van der Waals surface area contributed by atoms with Crippen molar-refractivity contribution in [2.24, 2.45) is 22.2 Å². The summed E-state index contributed by atoms with van der Waals surface area (Å²) < 4.78 is 0. The molecule has 104 valence electrons. The van der Waals surface area contributed by atoms with Gasteiger partial charge in [-0.05, 0) is 31.1 Å². The molecule has 0 amide bonds. The molecule has 0 spiro atoms. The van der Waals surface area contributed by atoms with Crippen LogP contribution in [0.5, 0.6) is 0 Å². The van der Waals surface area contributed by atoms with Crippen LogP contribution in [-0.4, -0.2) is 11.9 Å². The third kappa shape index (κ3) is 3.25. The van der Waals surface area contributed by atoms with Gasteiger partial charge < -0.3 is 5.43 Å². The van der Waals surface area contributed by atoms with Gasteiger partial charge in [-0.25, -0.2) is 5.84 Å². The van der Waals surface area contributed by atoms with E-state index in [1.807, 2.05) is 0 Å². The first-order valence-electron chi connectivity index (χ1n) is 7.68. The summed E-state index contributed by atoms with van der Waals surface area (Å²) in [5.74, 6) is 7.36. The standard InChI is InChI=1S/C15H29N3/c1-15(2)11-7-10-13(15)14(18-16)17-12-8-5-3-4-6-9-12/h12-13H,3-11,16H2,1-2H3,(H,17,18). The Hall–Kier alpha value is -0.570. The van der Waals surface area contributed by atoms with Gasteiger partial charge in [0.15, 0.2) is 0 Å². The van der Waals surface area contributed by atoms with Crippen molar-refractivity contribution in [2.75, 3.05) is 0 Å². The summed E-state index contributed by atoms with van der Waals surface area (Å²) in [6.45, 7) is 4.70. The van der Waals surface area contributed by atoms with E-state index in [1.165, 1.54) is 57.8 Å². The molecular weight excluding hydrogens is 222 g/mol. The molecule has 0 radical (unpaired) electrons. The first-order chi connectivity index (χ1) is 8.63. The van der Waals surface area contributed by atoms with Crippen LogP contribution < -0.4 is 11.3 Å². The Morgan fingerprint density at radius 3 is 2.22 bits per heavy atom. The molecule has 2 aliphatic rings. The average Bonchev–Trinajstić information content (AvgIpc) is 2.56. The average molecular weight is 251 g/mol. The van der Waals surface area contributed by atoms with Crippen LogP contribution in [0.1, 0.15) is 71.6 Å². The lowest BCUT2D eigenvalue weighted by Crippen LogP contribution is -2.41. The third-order valence-corrected chi connectivity index (χ3v) is 4.88. The summed E-state index contributed by atoms with van der Waals surface area (Å²) in [4.78, 5) is 4.97. The Balaban J connectivity index is 2.06. The quantitative estimate of drug-likeness (QED) is 0.260. The molecular formula is C15H29N3. The minimum Gasteiger partial charge on any atom is -0.312 e. The van der Waals surface area contributed by atoms with Crippen molar-refractivity contribution >= 4 is 5.84 Å². The van der Waals surface area contributed by atoms with E-state index in [-0.39, 0.29) is 0 Å². The maximum atomic E-state index is 5.75. The summed E-state index contributed by atoms with van der Waals surface area (Å²) in [5.41, 5.74) is 3.27. The first-order valence-corrected chi connectivity index (χ1v) is 7.68. The fourth-order valence-corrected chi connectivity index (χ4v) is 3.65. The molecule has 0 aromatic heterocycles. The van der Waals surface area contributed by atoms with Gasteiger partial charge in [0.25, 0.3) is 0 Å². The molecule has 0 aliphatic heterocycles. The van der Waals surface area contributed by atoms with Crippen molar-refractivity contribution in [3.8, 4) is 0 Å². The monoisotopic (exact) mass is 251 g/mol. The third-order valence-electron chi connectivity index (χ3n) is 4.88. The number of rotatable bonds is 2. The normalized spacial score (nSPS) is 30.2. The number of aliphatic imine (C=N–C) groups is 1. The van der Waals surface area contributed by atoms with Crippen molar-refractivity contribution in [3.63, 3.8) is 0 Å². The van der Waals surface area contributed by atoms with E-state index in [2.05, 4.69) is 19.3 Å². The van der Waals surface area contributed by atoms with Gasteiger partial charge in [0.05, 0.1) is 6.04 Å². The van der Waals surface area contributed by atoms with Crippen LogP contribution in [0, 0.1) is 11.3 Å². The van der Waals surface area contributed by atoms with Gasteiger partial charge in [0.2, 0.25) is 0 Å². The number of hydrazine groups is 1. The lowest BCUT2D eigenvalue weighted by Gasteiger charge is -2.28. The molecule has 0 bridgehead atoms. The lowest BCUT2D eigenvalue weighted by atomic mass is 9.81. The zero-order valence-electron chi connectivity index (χ0n) is 12.0. The van der Waals surface area contributed by atoms with Crippen LogP contribution in [0.15, 0.2) is 4.99 Å². The Kier molecular flexibility index (Phi) is 4.66. The van der Waals surface area contributed by atoms with Crippen molar-refractivity contribution in [2.45, 2.75) is 77.7 Å². The van der Waals surface area contributed by atoms with Gasteiger partial charge in [-0.15, -0.1) is 0 Å².